The Balaban J connectivity index is 1.67. The molecule has 0 aliphatic carbocycles. The molecule has 112 valence electrons. The highest BCUT2D eigenvalue weighted by Gasteiger charge is 2.39. The topological polar surface area (TPSA) is 93.9 Å². The van der Waals surface area contributed by atoms with Gasteiger partial charge in [0, 0.05) is 0 Å². The maximum atomic E-state index is 12.3. The summed E-state index contributed by atoms with van der Waals surface area (Å²) in [6.45, 7) is 0. The van der Waals surface area contributed by atoms with Crippen molar-refractivity contribution >= 4 is 23.4 Å². The smallest absolute Gasteiger partial charge is 0.323 e. The van der Waals surface area contributed by atoms with E-state index in [0.29, 0.717) is 10.7 Å². The summed E-state index contributed by atoms with van der Waals surface area (Å²) in [6.07, 6.45) is 1.29. The first-order valence-corrected chi connectivity index (χ1v) is 6.65. The number of imide groups is 1. The Morgan fingerprint density at radius 1 is 0.957 bits per heavy atom. The van der Waals surface area contributed by atoms with Gasteiger partial charge in [0.15, 0.2) is 11.3 Å². The molecule has 1 aliphatic heterocycles. The first-order chi connectivity index (χ1) is 11.2. The van der Waals surface area contributed by atoms with E-state index in [0.717, 1.165) is 0 Å². The van der Waals surface area contributed by atoms with Crippen LogP contribution < -0.4 is 0 Å². The van der Waals surface area contributed by atoms with Crippen molar-refractivity contribution in [3.05, 3.63) is 65.6 Å². The van der Waals surface area contributed by atoms with Gasteiger partial charge in [0.25, 0.3) is 11.8 Å². The van der Waals surface area contributed by atoms with E-state index >= 15 is 0 Å². The first-order valence-electron chi connectivity index (χ1n) is 6.65. The van der Waals surface area contributed by atoms with E-state index in [4.69, 9.17) is 4.84 Å². The quantitative estimate of drug-likeness (QED) is 0.658. The molecule has 0 fully saturated rings. The Morgan fingerprint density at radius 2 is 1.65 bits per heavy atom. The van der Waals surface area contributed by atoms with E-state index in [-0.39, 0.29) is 16.8 Å². The maximum absolute atomic E-state index is 12.3. The van der Waals surface area contributed by atoms with Crippen LogP contribution in [0, 0.1) is 0 Å². The summed E-state index contributed by atoms with van der Waals surface area (Å²) in [6, 6.07) is 11.0. The van der Waals surface area contributed by atoms with Gasteiger partial charge in [0.05, 0.1) is 11.1 Å². The lowest BCUT2D eigenvalue weighted by Crippen LogP contribution is -2.33. The Morgan fingerprint density at radius 3 is 2.35 bits per heavy atom. The van der Waals surface area contributed by atoms with Crippen molar-refractivity contribution in [3.63, 3.8) is 0 Å². The van der Waals surface area contributed by atoms with E-state index in [1.807, 2.05) is 0 Å². The summed E-state index contributed by atoms with van der Waals surface area (Å²) in [7, 11) is 0. The summed E-state index contributed by atoms with van der Waals surface area (Å²) in [5.41, 5.74) is 0.895. The number of hydrogen-bond donors (Lipinski definition) is 0. The van der Waals surface area contributed by atoms with Gasteiger partial charge < -0.3 is 4.84 Å². The van der Waals surface area contributed by atoms with Crippen molar-refractivity contribution in [2.75, 3.05) is 0 Å². The molecule has 0 bridgehead atoms. The van der Waals surface area contributed by atoms with Crippen LogP contribution in [0.1, 0.15) is 31.2 Å². The number of hydrogen-bond acceptors (Lipinski definition) is 6. The van der Waals surface area contributed by atoms with Gasteiger partial charge in [-0.25, -0.2) is 14.3 Å². The molecule has 0 radical (unpaired) electrons. The molecule has 8 heteroatoms. The molecular formula is C15H8N4O4. The number of nitrogens with zero attached hydrogens (tertiary/aromatic N) is 4. The fraction of sp³-hybridized carbons (Fsp3) is 0. The average molecular weight is 308 g/mol. The van der Waals surface area contributed by atoms with Crippen LogP contribution in [0.25, 0.3) is 5.65 Å². The van der Waals surface area contributed by atoms with Crippen molar-refractivity contribution in [1.82, 2.24) is 19.7 Å². The second-order valence-corrected chi connectivity index (χ2v) is 4.77. The normalized spacial score (nSPS) is 13.5. The van der Waals surface area contributed by atoms with Crippen LogP contribution in [-0.4, -0.2) is 37.4 Å². The molecule has 2 aromatic heterocycles. The summed E-state index contributed by atoms with van der Waals surface area (Å²) in [5.74, 6) is -2.23. The van der Waals surface area contributed by atoms with Gasteiger partial charge >= 0.3 is 5.97 Å². The minimum Gasteiger partial charge on any atom is -0.323 e. The highest BCUT2D eigenvalue weighted by molar-refractivity contribution is 6.21. The molecule has 3 heterocycles. The van der Waals surface area contributed by atoms with Gasteiger partial charge in [0.1, 0.15) is 6.33 Å². The third-order valence-electron chi connectivity index (χ3n) is 3.44. The summed E-state index contributed by atoms with van der Waals surface area (Å²) < 4.78 is 1.26. The van der Waals surface area contributed by atoms with Gasteiger partial charge in [-0.2, -0.15) is 5.10 Å². The highest BCUT2D eigenvalue weighted by Crippen LogP contribution is 2.23. The lowest BCUT2D eigenvalue weighted by atomic mass is 10.1. The van der Waals surface area contributed by atoms with Crippen LogP contribution in [-0.2, 0) is 4.84 Å². The Labute approximate surface area is 128 Å². The predicted molar refractivity (Wildman–Crippen MR) is 75.3 cm³/mol. The van der Waals surface area contributed by atoms with Crippen LogP contribution in [0.15, 0.2) is 48.8 Å². The highest BCUT2D eigenvalue weighted by atomic mass is 16.7. The van der Waals surface area contributed by atoms with Crippen molar-refractivity contribution in [2.24, 2.45) is 0 Å². The Kier molecular flexibility index (Phi) is 2.70. The Bertz CT molecular complexity index is 943. The molecular weight excluding hydrogens is 300 g/mol. The van der Waals surface area contributed by atoms with Crippen LogP contribution in [0.4, 0.5) is 0 Å². The van der Waals surface area contributed by atoms with Gasteiger partial charge in [-0.05, 0) is 24.3 Å². The molecule has 0 saturated heterocycles. The van der Waals surface area contributed by atoms with Crippen molar-refractivity contribution in [3.8, 4) is 0 Å². The minimum absolute atomic E-state index is 0.0524. The summed E-state index contributed by atoms with van der Waals surface area (Å²) >= 11 is 0. The van der Waals surface area contributed by atoms with E-state index in [1.54, 1.807) is 24.3 Å². The third kappa shape index (κ3) is 1.89. The van der Waals surface area contributed by atoms with Crippen LogP contribution in [0.3, 0.4) is 0 Å². The number of pyridine rings is 1. The van der Waals surface area contributed by atoms with Gasteiger partial charge in [-0.15, -0.1) is 0 Å². The fourth-order valence-electron chi connectivity index (χ4n) is 2.38. The van der Waals surface area contributed by atoms with Crippen molar-refractivity contribution in [2.45, 2.75) is 0 Å². The van der Waals surface area contributed by atoms with Crippen LogP contribution in [0.2, 0.25) is 0 Å². The molecule has 4 rings (SSSR count). The predicted octanol–water partition coefficient (Wildman–Crippen LogP) is 1.10. The van der Waals surface area contributed by atoms with Crippen molar-refractivity contribution < 1.29 is 19.2 Å². The lowest BCUT2D eigenvalue weighted by Gasteiger charge is -2.12. The summed E-state index contributed by atoms with van der Waals surface area (Å²) in [5, 5.41) is 4.37. The van der Waals surface area contributed by atoms with Crippen molar-refractivity contribution in [1.29, 1.82) is 0 Å². The fourth-order valence-corrected chi connectivity index (χ4v) is 2.38. The largest absolute Gasteiger partial charge is 0.382 e. The zero-order chi connectivity index (χ0) is 16.0. The van der Waals surface area contributed by atoms with E-state index < -0.39 is 17.8 Å². The zero-order valence-electron chi connectivity index (χ0n) is 11.5. The molecule has 0 spiro atoms. The Hall–Kier alpha value is -3.55. The number of fused-ring (bicyclic) bond motifs is 2. The number of benzene rings is 1. The average Bonchev–Trinajstić information content (AvgIpc) is 3.14. The van der Waals surface area contributed by atoms with E-state index in [9.17, 15) is 14.4 Å². The molecule has 23 heavy (non-hydrogen) atoms. The standard InChI is InChI=1S/C15H8N4O4/c20-13-9-4-1-2-5-10(9)14(21)19(13)23-15(22)11-6-3-7-12-16-8-17-18(11)12/h1-8H. The van der Waals surface area contributed by atoms with Crippen LogP contribution >= 0.6 is 0 Å². The van der Waals surface area contributed by atoms with E-state index in [1.165, 1.54) is 29.0 Å². The second kappa shape index (κ2) is 4.73. The second-order valence-electron chi connectivity index (χ2n) is 4.77. The first kappa shape index (κ1) is 13.1. The lowest BCUT2D eigenvalue weighted by molar-refractivity contribution is -0.0590. The molecule has 8 nitrogen and oxygen atoms in total. The molecule has 0 atom stereocenters. The monoisotopic (exact) mass is 308 g/mol. The minimum atomic E-state index is -0.879. The number of hydroxylamine groups is 2. The van der Waals surface area contributed by atoms with Gasteiger partial charge in [0.2, 0.25) is 0 Å². The molecule has 0 N–H and O–H groups in total. The van der Waals surface area contributed by atoms with E-state index in [2.05, 4.69) is 10.1 Å². The molecule has 0 unspecified atom stereocenters. The maximum Gasteiger partial charge on any atom is 0.382 e. The SMILES string of the molecule is O=C(ON1C(=O)c2ccccc2C1=O)c1cccc2ncnn12. The molecule has 3 aromatic rings. The third-order valence-corrected chi connectivity index (χ3v) is 3.44. The number of rotatable bonds is 2. The zero-order valence-corrected chi connectivity index (χ0v) is 11.5. The molecule has 1 aliphatic rings. The molecule has 0 saturated carbocycles. The molecule has 1 aromatic carbocycles. The van der Waals surface area contributed by atoms with Crippen LogP contribution in [0.5, 0.6) is 0 Å². The van der Waals surface area contributed by atoms with Gasteiger partial charge in [-0.3, -0.25) is 9.59 Å². The molecule has 2 amide bonds. The summed E-state index contributed by atoms with van der Waals surface area (Å²) in [4.78, 5) is 45.6. The number of amides is 2. The number of carbonyl (C=O) groups excluding carboxylic acids is 3. The van der Waals surface area contributed by atoms with Gasteiger partial charge in [-0.1, -0.05) is 23.3 Å². The number of aromatic nitrogens is 3. The number of carbonyl (C=O) groups is 3.